The van der Waals surface area contributed by atoms with E-state index in [1.54, 1.807) is 0 Å². The van der Waals surface area contributed by atoms with Crippen LogP contribution in [0.25, 0.3) is 0 Å². The van der Waals surface area contributed by atoms with Crippen molar-refractivity contribution in [1.82, 2.24) is 5.32 Å². The third-order valence-corrected chi connectivity index (χ3v) is 3.45. The van der Waals surface area contributed by atoms with E-state index < -0.39 is 0 Å². The molecule has 1 aliphatic rings. The van der Waals surface area contributed by atoms with Gasteiger partial charge in [0.15, 0.2) is 0 Å². The molecule has 0 atom stereocenters. The van der Waals surface area contributed by atoms with Gasteiger partial charge in [0.2, 0.25) is 0 Å². The maximum Gasteiger partial charge on any atom is 0.0638 e. The fourth-order valence-corrected chi connectivity index (χ4v) is 2.33. The number of halogens is 2. The highest BCUT2D eigenvalue weighted by Crippen LogP contribution is 2.27. The second-order valence-corrected chi connectivity index (χ2v) is 5.12. The van der Waals surface area contributed by atoms with Crippen molar-refractivity contribution in [2.75, 3.05) is 18.4 Å². The highest BCUT2D eigenvalue weighted by Gasteiger charge is 2.13. The molecule has 1 aromatic rings. The Morgan fingerprint density at radius 2 is 2.07 bits per heavy atom. The summed E-state index contributed by atoms with van der Waals surface area (Å²) in [6, 6.07) is 6.44. The highest BCUT2D eigenvalue weighted by molar-refractivity contribution is 9.10. The first-order chi connectivity index (χ1) is 7.25. The quantitative estimate of drug-likeness (QED) is 0.873. The first-order valence-electron chi connectivity index (χ1n) is 5.18. The van der Waals surface area contributed by atoms with Gasteiger partial charge in [0.05, 0.1) is 10.7 Å². The van der Waals surface area contributed by atoms with E-state index in [1.807, 2.05) is 18.2 Å². The Labute approximate surface area is 104 Å². The maximum atomic E-state index is 6.12. The number of nitrogens with one attached hydrogen (secondary N) is 2. The predicted molar refractivity (Wildman–Crippen MR) is 68.7 cm³/mol. The Hall–Kier alpha value is -0.250. The molecule has 0 amide bonds. The smallest absolute Gasteiger partial charge is 0.0638 e. The molecule has 1 aliphatic heterocycles. The molecule has 0 aliphatic carbocycles. The summed E-state index contributed by atoms with van der Waals surface area (Å²) in [7, 11) is 0. The molecule has 1 saturated heterocycles. The molecule has 0 saturated carbocycles. The maximum absolute atomic E-state index is 6.12. The molecule has 1 heterocycles. The lowest BCUT2D eigenvalue weighted by molar-refractivity contribution is 0.479. The molecule has 2 rings (SSSR count). The van der Waals surface area contributed by atoms with E-state index in [2.05, 4.69) is 26.6 Å². The molecule has 15 heavy (non-hydrogen) atoms. The van der Waals surface area contributed by atoms with Gasteiger partial charge >= 0.3 is 0 Å². The zero-order valence-electron chi connectivity index (χ0n) is 8.39. The number of rotatable bonds is 2. The highest BCUT2D eigenvalue weighted by atomic mass is 79.9. The van der Waals surface area contributed by atoms with Crippen LogP contribution < -0.4 is 10.6 Å². The minimum atomic E-state index is 0.540. The standard InChI is InChI=1S/C11H14BrClN2/c12-8-1-2-10(13)11(7-8)15-9-3-5-14-6-4-9/h1-2,7,9,14-15H,3-6H2. The van der Waals surface area contributed by atoms with Crippen LogP contribution in [-0.4, -0.2) is 19.1 Å². The van der Waals surface area contributed by atoms with Crippen LogP contribution in [0.1, 0.15) is 12.8 Å². The van der Waals surface area contributed by atoms with Crippen molar-refractivity contribution in [2.24, 2.45) is 0 Å². The Bertz CT molecular complexity index is 337. The lowest BCUT2D eigenvalue weighted by atomic mass is 10.1. The van der Waals surface area contributed by atoms with Gasteiger partial charge in [0, 0.05) is 10.5 Å². The van der Waals surface area contributed by atoms with Crippen LogP contribution in [0.2, 0.25) is 5.02 Å². The molecule has 82 valence electrons. The van der Waals surface area contributed by atoms with Crippen molar-refractivity contribution < 1.29 is 0 Å². The van der Waals surface area contributed by atoms with Crippen LogP contribution in [0.15, 0.2) is 22.7 Å². The van der Waals surface area contributed by atoms with Crippen LogP contribution in [0.3, 0.4) is 0 Å². The summed E-state index contributed by atoms with van der Waals surface area (Å²) >= 11 is 9.57. The lowest BCUT2D eigenvalue weighted by Crippen LogP contribution is -2.35. The van der Waals surface area contributed by atoms with Crippen molar-refractivity contribution in [3.8, 4) is 0 Å². The van der Waals surface area contributed by atoms with Crippen molar-refractivity contribution in [3.63, 3.8) is 0 Å². The van der Waals surface area contributed by atoms with Crippen molar-refractivity contribution in [3.05, 3.63) is 27.7 Å². The molecular formula is C11H14BrClN2. The second-order valence-electron chi connectivity index (χ2n) is 3.79. The number of anilines is 1. The molecule has 0 spiro atoms. The first kappa shape index (κ1) is 11.2. The van der Waals surface area contributed by atoms with E-state index in [0.29, 0.717) is 6.04 Å². The largest absolute Gasteiger partial charge is 0.381 e. The van der Waals surface area contributed by atoms with E-state index in [-0.39, 0.29) is 0 Å². The van der Waals surface area contributed by atoms with Crippen LogP contribution in [0.5, 0.6) is 0 Å². The molecule has 2 nitrogen and oxygen atoms in total. The summed E-state index contributed by atoms with van der Waals surface area (Å²) < 4.78 is 1.06. The minimum Gasteiger partial charge on any atom is -0.381 e. The Morgan fingerprint density at radius 1 is 1.33 bits per heavy atom. The fraction of sp³-hybridized carbons (Fsp3) is 0.455. The van der Waals surface area contributed by atoms with Crippen LogP contribution in [-0.2, 0) is 0 Å². The van der Waals surface area contributed by atoms with Gasteiger partial charge in [-0.1, -0.05) is 27.5 Å². The third-order valence-electron chi connectivity index (χ3n) is 2.63. The van der Waals surface area contributed by atoms with Gasteiger partial charge in [0.1, 0.15) is 0 Å². The zero-order chi connectivity index (χ0) is 10.7. The zero-order valence-corrected chi connectivity index (χ0v) is 10.7. The van der Waals surface area contributed by atoms with Gasteiger partial charge in [-0.2, -0.15) is 0 Å². The number of piperidine rings is 1. The van der Waals surface area contributed by atoms with Crippen molar-refractivity contribution in [2.45, 2.75) is 18.9 Å². The number of benzene rings is 1. The van der Waals surface area contributed by atoms with E-state index in [1.165, 1.54) is 0 Å². The summed E-state index contributed by atoms with van der Waals surface area (Å²) in [5.74, 6) is 0. The Morgan fingerprint density at radius 3 is 2.80 bits per heavy atom. The number of hydrogen-bond acceptors (Lipinski definition) is 2. The summed E-state index contributed by atoms with van der Waals surface area (Å²) in [6.45, 7) is 2.17. The summed E-state index contributed by atoms with van der Waals surface area (Å²) in [5.41, 5.74) is 1.03. The second kappa shape index (κ2) is 5.19. The third kappa shape index (κ3) is 3.10. The SMILES string of the molecule is Clc1ccc(Br)cc1NC1CCNCC1. The molecule has 0 bridgehead atoms. The van der Waals surface area contributed by atoms with Gasteiger partial charge in [-0.05, 0) is 44.1 Å². The molecule has 0 unspecified atom stereocenters. The van der Waals surface area contributed by atoms with Gasteiger partial charge in [-0.3, -0.25) is 0 Å². The van der Waals surface area contributed by atoms with E-state index in [9.17, 15) is 0 Å². The van der Waals surface area contributed by atoms with Crippen molar-refractivity contribution >= 4 is 33.2 Å². The molecular weight excluding hydrogens is 275 g/mol. The van der Waals surface area contributed by atoms with Gasteiger partial charge in [-0.15, -0.1) is 0 Å². The topological polar surface area (TPSA) is 24.1 Å². The predicted octanol–water partition coefficient (Wildman–Crippen LogP) is 3.27. The Balaban J connectivity index is 2.05. The fourth-order valence-electron chi connectivity index (χ4n) is 1.79. The molecule has 1 fully saturated rings. The van der Waals surface area contributed by atoms with Crippen molar-refractivity contribution in [1.29, 1.82) is 0 Å². The van der Waals surface area contributed by atoms with E-state index in [4.69, 9.17) is 11.6 Å². The average molecular weight is 290 g/mol. The monoisotopic (exact) mass is 288 g/mol. The van der Waals surface area contributed by atoms with Crippen LogP contribution >= 0.6 is 27.5 Å². The molecule has 0 aromatic heterocycles. The molecule has 2 N–H and O–H groups in total. The van der Waals surface area contributed by atoms with Gasteiger partial charge in [-0.25, -0.2) is 0 Å². The molecule has 1 aromatic carbocycles. The Kier molecular flexibility index (Phi) is 3.89. The first-order valence-corrected chi connectivity index (χ1v) is 6.35. The van der Waals surface area contributed by atoms with Gasteiger partial charge in [0.25, 0.3) is 0 Å². The van der Waals surface area contributed by atoms with E-state index >= 15 is 0 Å². The summed E-state index contributed by atoms with van der Waals surface area (Å²) in [6.07, 6.45) is 2.31. The van der Waals surface area contributed by atoms with Crippen LogP contribution in [0.4, 0.5) is 5.69 Å². The number of hydrogen-bond donors (Lipinski definition) is 2. The lowest BCUT2D eigenvalue weighted by Gasteiger charge is -2.25. The normalized spacial score (nSPS) is 17.7. The van der Waals surface area contributed by atoms with Crippen LogP contribution in [0, 0.1) is 0 Å². The molecule has 4 heteroatoms. The summed E-state index contributed by atoms with van der Waals surface area (Å²) in [5, 5.41) is 7.62. The van der Waals surface area contributed by atoms with E-state index in [0.717, 1.165) is 41.1 Å². The average Bonchev–Trinajstić information content (AvgIpc) is 2.25. The summed E-state index contributed by atoms with van der Waals surface area (Å²) in [4.78, 5) is 0. The van der Waals surface area contributed by atoms with Gasteiger partial charge < -0.3 is 10.6 Å². The minimum absolute atomic E-state index is 0.540. The molecule has 0 radical (unpaired) electrons.